The lowest BCUT2D eigenvalue weighted by molar-refractivity contribution is -0.138. The summed E-state index contributed by atoms with van der Waals surface area (Å²) in [6.45, 7) is 3.64. The maximum absolute atomic E-state index is 10.9. The van der Waals surface area contributed by atoms with Gasteiger partial charge >= 0.3 is 5.97 Å². The van der Waals surface area contributed by atoms with Gasteiger partial charge in [-0.05, 0) is 26.0 Å². The molecule has 1 heterocycles. The molecule has 78 valence electrons. The van der Waals surface area contributed by atoms with Gasteiger partial charge < -0.3 is 9.52 Å². The molecule has 1 aromatic heterocycles. The first-order chi connectivity index (χ1) is 7.09. The Morgan fingerprint density at radius 1 is 1.47 bits per heavy atom. The van der Waals surface area contributed by atoms with Crippen molar-refractivity contribution in [1.29, 1.82) is 0 Å². The van der Waals surface area contributed by atoms with Gasteiger partial charge in [0.2, 0.25) is 0 Å². The van der Waals surface area contributed by atoms with Gasteiger partial charge in [0.1, 0.15) is 5.58 Å². The fourth-order valence-electron chi connectivity index (χ4n) is 1.63. The van der Waals surface area contributed by atoms with Crippen molar-refractivity contribution >= 4 is 16.9 Å². The van der Waals surface area contributed by atoms with Crippen LogP contribution in [0.25, 0.3) is 11.0 Å². The van der Waals surface area contributed by atoms with Crippen molar-refractivity contribution in [3.63, 3.8) is 0 Å². The van der Waals surface area contributed by atoms with Gasteiger partial charge in [0.15, 0.2) is 0 Å². The lowest BCUT2D eigenvalue weighted by atomic mass is 10.00. The summed E-state index contributed by atoms with van der Waals surface area (Å²) >= 11 is 0. The number of carbonyl (C=O) groups is 1. The monoisotopic (exact) mass is 204 g/mol. The largest absolute Gasteiger partial charge is 0.481 e. The zero-order valence-corrected chi connectivity index (χ0v) is 8.65. The zero-order chi connectivity index (χ0) is 11.0. The first kappa shape index (κ1) is 9.77. The van der Waals surface area contributed by atoms with E-state index >= 15 is 0 Å². The molecule has 1 N–H and O–H groups in total. The predicted molar refractivity (Wildman–Crippen MR) is 57.0 cm³/mol. The highest BCUT2D eigenvalue weighted by molar-refractivity contribution is 5.88. The standard InChI is InChI=1S/C12H12O3/c1-7-3-4-11-9(5-7)10(6-15-11)8(2)12(13)14/h3-6,8H,1-2H3,(H,13,14). The van der Waals surface area contributed by atoms with Gasteiger partial charge in [-0.2, -0.15) is 0 Å². The van der Waals surface area contributed by atoms with Crippen LogP contribution in [0, 0.1) is 6.92 Å². The smallest absolute Gasteiger partial charge is 0.310 e. The zero-order valence-electron chi connectivity index (χ0n) is 8.65. The highest BCUT2D eigenvalue weighted by Gasteiger charge is 2.18. The van der Waals surface area contributed by atoms with Crippen LogP contribution in [-0.4, -0.2) is 11.1 Å². The SMILES string of the molecule is Cc1ccc2occ(C(C)C(=O)O)c2c1. The van der Waals surface area contributed by atoms with Crippen LogP contribution >= 0.6 is 0 Å². The molecule has 0 saturated carbocycles. The van der Waals surface area contributed by atoms with Crippen LogP contribution in [-0.2, 0) is 4.79 Å². The molecule has 1 aromatic carbocycles. The Morgan fingerprint density at radius 2 is 2.20 bits per heavy atom. The molecule has 2 aromatic rings. The molecule has 3 heteroatoms. The second-order valence-electron chi connectivity index (χ2n) is 3.75. The van der Waals surface area contributed by atoms with E-state index in [0.717, 1.165) is 22.1 Å². The third kappa shape index (κ3) is 1.61. The molecule has 0 spiro atoms. The van der Waals surface area contributed by atoms with Crippen molar-refractivity contribution in [2.75, 3.05) is 0 Å². The highest BCUT2D eigenvalue weighted by atomic mass is 16.4. The van der Waals surface area contributed by atoms with Gasteiger partial charge in [0.05, 0.1) is 12.2 Å². The molecule has 0 bridgehead atoms. The van der Waals surface area contributed by atoms with E-state index in [-0.39, 0.29) is 0 Å². The van der Waals surface area contributed by atoms with E-state index in [9.17, 15) is 4.79 Å². The molecule has 0 aliphatic heterocycles. The average Bonchev–Trinajstić information content (AvgIpc) is 2.59. The summed E-state index contributed by atoms with van der Waals surface area (Å²) in [5, 5.41) is 9.83. The average molecular weight is 204 g/mol. The van der Waals surface area contributed by atoms with E-state index in [1.165, 1.54) is 6.26 Å². The van der Waals surface area contributed by atoms with Crippen LogP contribution < -0.4 is 0 Å². The molecule has 0 aliphatic rings. The third-order valence-corrected chi connectivity index (χ3v) is 2.60. The second kappa shape index (κ2) is 3.42. The molecule has 2 rings (SSSR count). The molecule has 0 radical (unpaired) electrons. The molecule has 0 amide bonds. The number of furan rings is 1. The number of carboxylic acid groups (broad SMARTS) is 1. The Bertz CT molecular complexity index is 511. The van der Waals surface area contributed by atoms with Gasteiger partial charge in [-0.15, -0.1) is 0 Å². The number of hydrogen-bond acceptors (Lipinski definition) is 2. The lowest BCUT2D eigenvalue weighted by Crippen LogP contribution is -2.06. The minimum Gasteiger partial charge on any atom is -0.481 e. The molecule has 0 aliphatic carbocycles. The van der Waals surface area contributed by atoms with Crippen LogP contribution in [0.2, 0.25) is 0 Å². The van der Waals surface area contributed by atoms with E-state index in [2.05, 4.69) is 0 Å². The van der Waals surface area contributed by atoms with Crippen LogP contribution in [0.15, 0.2) is 28.9 Å². The Morgan fingerprint density at radius 3 is 2.87 bits per heavy atom. The first-order valence-corrected chi connectivity index (χ1v) is 4.80. The van der Waals surface area contributed by atoms with Crippen LogP contribution in [0.4, 0.5) is 0 Å². The summed E-state index contributed by atoms with van der Waals surface area (Å²) in [7, 11) is 0. The van der Waals surface area contributed by atoms with E-state index in [0.29, 0.717) is 0 Å². The Balaban J connectivity index is 2.61. The number of aliphatic carboxylic acids is 1. The van der Waals surface area contributed by atoms with Crippen molar-refractivity contribution in [2.45, 2.75) is 19.8 Å². The van der Waals surface area contributed by atoms with Crippen molar-refractivity contribution < 1.29 is 14.3 Å². The Labute approximate surface area is 87.3 Å². The van der Waals surface area contributed by atoms with E-state index in [4.69, 9.17) is 9.52 Å². The van der Waals surface area contributed by atoms with E-state index < -0.39 is 11.9 Å². The van der Waals surface area contributed by atoms with E-state index in [1.54, 1.807) is 6.92 Å². The number of aryl methyl sites for hydroxylation is 1. The maximum atomic E-state index is 10.9. The molecule has 15 heavy (non-hydrogen) atoms. The van der Waals surface area contributed by atoms with Crippen molar-refractivity contribution in [3.05, 3.63) is 35.6 Å². The number of rotatable bonds is 2. The fraction of sp³-hybridized carbons (Fsp3) is 0.250. The van der Waals surface area contributed by atoms with Crippen LogP contribution in [0.1, 0.15) is 24.0 Å². The number of fused-ring (bicyclic) bond motifs is 1. The summed E-state index contributed by atoms with van der Waals surface area (Å²) in [6, 6.07) is 5.76. The van der Waals surface area contributed by atoms with Crippen LogP contribution in [0.3, 0.4) is 0 Å². The van der Waals surface area contributed by atoms with Crippen molar-refractivity contribution in [1.82, 2.24) is 0 Å². The summed E-state index contributed by atoms with van der Waals surface area (Å²) in [5.41, 5.74) is 2.58. The van der Waals surface area contributed by atoms with E-state index in [1.807, 2.05) is 25.1 Å². The van der Waals surface area contributed by atoms with Crippen LogP contribution in [0.5, 0.6) is 0 Å². The number of benzene rings is 1. The van der Waals surface area contributed by atoms with Gasteiger partial charge in [-0.3, -0.25) is 4.79 Å². The van der Waals surface area contributed by atoms with Crippen molar-refractivity contribution in [2.24, 2.45) is 0 Å². The van der Waals surface area contributed by atoms with Gasteiger partial charge in [0, 0.05) is 10.9 Å². The van der Waals surface area contributed by atoms with Gasteiger partial charge in [-0.1, -0.05) is 11.6 Å². The molecule has 3 nitrogen and oxygen atoms in total. The summed E-state index contributed by atoms with van der Waals surface area (Å²) in [6.07, 6.45) is 1.53. The normalized spacial score (nSPS) is 12.9. The fourth-order valence-corrected chi connectivity index (χ4v) is 1.63. The topological polar surface area (TPSA) is 50.4 Å². The molecule has 1 unspecified atom stereocenters. The molecule has 0 fully saturated rings. The quantitative estimate of drug-likeness (QED) is 0.818. The summed E-state index contributed by atoms with van der Waals surface area (Å²) in [4.78, 5) is 10.9. The maximum Gasteiger partial charge on any atom is 0.310 e. The predicted octanol–water partition coefficient (Wildman–Crippen LogP) is 2.93. The minimum absolute atomic E-state index is 0.534. The first-order valence-electron chi connectivity index (χ1n) is 4.80. The lowest BCUT2D eigenvalue weighted by Gasteiger charge is -2.03. The van der Waals surface area contributed by atoms with Gasteiger partial charge in [-0.25, -0.2) is 0 Å². The number of carboxylic acids is 1. The molecule has 0 saturated heterocycles. The molecular formula is C12H12O3. The summed E-state index contributed by atoms with van der Waals surface area (Å²) in [5.74, 6) is -1.37. The molecular weight excluding hydrogens is 192 g/mol. The highest BCUT2D eigenvalue weighted by Crippen LogP contribution is 2.28. The molecule has 1 atom stereocenters. The Hall–Kier alpha value is -1.77. The minimum atomic E-state index is -0.834. The third-order valence-electron chi connectivity index (χ3n) is 2.60. The van der Waals surface area contributed by atoms with Gasteiger partial charge in [0.25, 0.3) is 0 Å². The van der Waals surface area contributed by atoms with Crippen molar-refractivity contribution in [3.8, 4) is 0 Å². The summed E-state index contributed by atoms with van der Waals surface area (Å²) < 4.78 is 5.31. The second-order valence-corrected chi connectivity index (χ2v) is 3.75. The Kier molecular flexibility index (Phi) is 2.23. The number of hydrogen-bond donors (Lipinski definition) is 1.